The van der Waals surface area contributed by atoms with Crippen LogP contribution in [-0.4, -0.2) is 56.3 Å². The maximum absolute atomic E-state index is 13.4. The van der Waals surface area contributed by atoms with Crippen LogP contribution in [0.3, 0.4) is 0 Å². The Kier molecular flexibility index (Phi) is 5.69. The number of aryl methyl sites for hydroxylation is 1. The van der Waals surface area contributed by atoms with Crippen molar-refractivity contribution >= 4 is 16.1 Å². The predicted octanol–water partition coefficient (Wildman–Crippen LogP) is -0.429. The summed E-state index contributed by atoms with van der Waals surface area (Å²) < 4.78 is 37.0. The van der Waals surface area contributed by atoms with Gasteiger partial charge in [-0.3, -0.25) is 9.69 Å². The second-order valence-electron chi connectivity index (χ2n) is 5.58. The largest absolute Gasteiger partial charge is 0.351 e. The lowest BCUT2D eigenvalue weighted by atomic mass is 10.1. The standard InChI is InChI=1S/C14H21FN4O3S/c1-11-2-3-12(8-13(11)15)9-17-14(20)10-18-4-6-19(7-5-18)23(16,21)22/h2-3,8H,4-7,9-10H2,1H3,(H,17,20)(H2,16,21,22). The summed E-state index contributed by atoms with van der Waals surface area (Å²) >= 11 is 0. The average Bonchev–Trinajstić information content (AvgIpc) is 2.48. The van der Waals surface area contributed by atoms with Crippen LogP contribution in [0, 0.1) is 12.7 Å². The monoisotopic (exact) mass is 344 g/mol. The van der Waals surface area contributed by atoms with Crippen molar-refractivity contribution in [2.75, 3.05) is 32.7 Å². The molecule has 1 amide bonds. The molecule has 1 heterocycles. The number of nitrogens with two attached hydrogens (primary N) is 1. The van der Waals surface area contributed by atoms with E-state index in [0.29, 0.717) is 24.2 Å². The summed E-state index contributed by atoms with van der Waals surface area (Å²) in [6.07, 6.45) is 0. The van der Waals surface area contributed by atoms with Crippen LogP contribution in [0.5, 0.6) is 0 Å². The van der Waals surface area contributed by atoms with Crippen LogP contribution in [0.2, 0.25) is 0 Å². The zero-order valence-corrected chi connectivity index (χ0v) is 13.8. The average molecular weight is 344 g/mol. The Morgan fingerprint density at radius 1 is 1.30 bits per heavy atom. The molecule has 0 atom stereocenters. The minimum atomic E-state index is -3.66. The van der Waals surface area contributed by atoms with Crippen molar-refractivity contribution in [1.29, 1.82) is 0 Å². The molecule has 1 aliphatic rings. The third-order valence-electron chi connectivity index (χ3n) is 3.78. The lowest BCUT2D eigenvalue weighted by molar-refractivity contribution is -0.122. The highest BCUT2D eigenvalue weighted by Crippen LogP contribution is 2.09. The lowest BCUT2D eigenvalue weighted by Gasteiger charge is -2.32. The highest BCUT2D eigenvalue weighted by atomic mass is 32.2. The van der Waals surface area contributed by atoms with Crippen LogP contribution >= 0.6 is 0 Å². The van der Waals surface area contributed by atoms with Crippen molar-refractivity contribution in [3.05, 3.63) is 35.1 Å². The normalized spacial score (nSPS) is 17.2. The summed E-state index contributed by atoms with van der Waals surface area (Å²) in [6, 6.07) is 4.84. The summed E-state index contributed by atoms with van der Waals surface area (Å²) in [6.45, 7) is 3.55. The van der Waals surface area contributed by atoms with E-state index in [4.69, 9.17) is 5.14 Å². The number of carbonyl (C=O) groups is 1. The van der Waals surface area contributed by atoms with E-state index in [1.54, 1.807) is 19.1 Å². The number of hydrogen-bond donors (Lipinski definition) is 2. The molecule has 0 aliphatic carbocycles. The number of benzene rings is 1. The van der Waals surface area contributed by atoms with Crippen molar-refractivity contribution in [2.45, 2.75) is 13.5 Å². The molecule has 0 saturated carbocycles. The summed E-state index contributed by atoms with van der Waals surface area (Å²) in [5.41, 5.74) is 1.26. The van der Waals surface area contributed by atoms with E-state index in [1.807, 2.05) is 4.90 Å². The number of halogens is 1. The van der Waals surface area contributed by atoms with Gasteiger partial charge in [0.05, 0.1) is 6.54 Å². The van der Waals surface area contributed by atoms with Gasteiger partial charge in [-0.15, -0.1) is 0 Å². The van der Waals surface area contributed by atoms with Crippen LogP contribution in [0.1, 0.15) is 11.1 Å². The van der Waals surface area contributed by atoms with Gasteiger partial charge < -0.3 is 5.32 Å². The first-order valence-corrected chi connectivity index (χ1v) is 8.78. The highest BCUT2D eigenvalue weighted by Gasteiger charge is 2.24. The maximum atomic E-state index is 13.4. The van der Waals surface area contributed by atoms with Crippen molar-refractivity contribution < 1.29 is 17.6 Å². The Hall–Kier alpha value is -1.55. The van der Waals surface area contributed by atoms with Crippen molar-refractivity contribution in [1.82, 2.24) is 14.5 Å². The van der Waals surface area contributed by atoms with E-state index < -0.39 is 10.2 Å². The van der Waals surface area contributed by atoms with E-state index >= 15 is 0 Å². The molecule has 1 aromatic carbocycles. The van der Waals surface area contributed by atoms with Crippen molar-refractivity contribution in [3.63, 3.8) is 0 Å². The SMILES string of the molecule is Cc1ccc(CNC(=O)CN2CCN(S(N)(=O)=O)CC2)cc1F. The van der Waals surface area contributed by atoms with Crippen molar-refractivity contribution in [2.24, 2.45) is 5.14 Å². The van der Waals surface area contributed by atoms with Crippen molar-refractivity contribution in [3.8, 4) is 0 Å². The highest BCUT2D eigenvalue weighted by molar-refractivity contribution is 7.86. The van der Waals surface area contributed by atoms with E-state index in [9.17, 15) is 17.6 Å². The molecule has 0 unspecified atom stereocenters. The minimum Gasteiger partial charge on any atom is -0.351 e. The summed E-state index contributed by atoms with van der Waals surface area (Å²) in [5.74, 6) is -0.481. The Morgan fingerprint density at radius 2 is 1.96 bits per heavy atom. The first-order valence-electron chi connectivity index (χ1n) is 7.27. The molecule has 7 nitrogen and oxygen atoms in total. The fourth-order valence-corrected chi connectivity index (χ4v) is 3.02. The second-order valence-corrected chi connectivity index (χ2v) is 7.13. The maximum Gasteiger partial charge on any atom is 0.276 e. The predicted molar refractivity (Wildman–Crippen MR) is 84.1 cm³/mol. The van der Waals surface area contributed by atoms with Gasteiger partial charge in [-0.25, -0.2) is 9.53 Å². The molecule has 0 bridgehead atoms. The molecule has 3 N–H and O–H groups in total. The third-order valence-corrected chi connectivity index (χ3v) is 4.87. The number of piperazine rings is 1. The fraction of sp³-hybridized carbons (Fsp3) is 0.500. The minimum absolute atomic E-state index is 0.173. The molecular formula is C14H21FN4O3S. The molecule has 1 aliphatic heterocycles. The first-order chi connectivity index (χ1) is 10.8. The van der Waals surface area contributed by atoms with Gasteiger partial charge in [-0.05, 0) is 24.1 Å². The lowest BCUT2D eigenvalue weighted by Crippen LogP contribution is -2.52. The first kappa shape index (κ1) is 17.8. The molecule has 1 fully saturated rings. The molecule has 128 valence electrons. The molecule has 0 aromatic heterocycles. The molecule has 1 aromatic rings. The zero-order chi connectivity index (χ0) is 17.0. The number of hydrogen-bond acceptors (Lipinski definition) is 4. The summed E-state index contributed by atoms with van der Waals surface area (Å²) in [4.78, 5) is 13.8. The number of rotatable bonds is 5. The molecule has 2 rings (SSSR count). The fourth-order valence-electron chi connectivity index (χ4n) is 2.35. The molecule has 23 heavy (non-hydrogen) atoms. The number of nitrogens with one attached hydrogen (secondary N) is 1. The van der Waals surface area contributed by atoms with Crippen LogP contribution < -0.4 is 10.5 Å². The Bertz CT molecular complexity index is 673. The van der Waals surface area contributed by atoms with Gasteiger partial charge in [0.25, 0.3) is 10.2 Å². The second kappa shape index (κ2) is 7.35. The van der Waals surface area contributed by atoms with E-state index in [1.165, 1.54) is 10.4 Å². The smallest absolute Gasteiger partial charge is 0.276 e. The Balaban J connectivity index is 1.76. The number of carbonyl (C=O) groups excluding carboxylic acids is 1. The molecule has 9 heteroatoms. The Morgan fingerprint density at radius 3 is 2.52 bits per heavy atom. The molecule has 0 radical (unpaired) electrons. The van der Waals surface area contributed by atoms with Crippen LogP contribution in [0.25, 0.3) is 0 Å². The van der Waals surface area contributed by atoms with Gasteiger partial charge in [0.2, 0.25) is 5.91 Å². The van der Waals surface area contributed by atoms with E-state index in [0.717, 1.165) is 0 Å². The molecule has 0 spiro atoms. The van der Waals surface area contributed by atoms with Gasteiger partial charge >= 0.3 is 0 Å². The van der Waals surface area contributed by atoms with Crippen LogP contribution in [0.15, 0.2) is 18.2 Å². The molecule has 1 saturated heterocycles. The quantitative estimate of drug-likeness (QED) is 0.758. The van der Waals surface area contributed by atoms with Gasteiger partial charge in [0, 0.05) is 32.7 Å². The number of amides is 1. The van der Waals surface area contributed by atoms with Gasteiger partial charge in [0.15, 0.2) is 0 Å². The Labute approximate surface area is 135 Å². The molecular weight excluding hydrogens is 323 g/mol. The van der Waals surface area contributed by atoms with Gasteiger partial charge in [-0.1, -0.05) is 12.1 Å². The zero-order valence-electron chi connectivity index (χ0n) is 13.0. The van der Waals surface area contributed by atoms with E-state index in [-0.39, 0.29) is 37.9 Å². The number of nitrogens with zero attached hydrogens (tertiary/aromatic N) is 2. The van der Waals surface area contributed by atoms with Gasteiger partial charge in [-0.2, -0.15) is 12.7 Å². The summed E-state index contributed by atoms with van der Waals surface area (Å²) in [7, 11) is -3.66. The van der Waals surface area contributed by atoms with Crippen LogP contribution in [-0.2, 0) is 21.5 Å². The van der Waals surface area contributed by atoms with Gasteiger partial charge in [0.1, 0.15) is 5.82 Å². The third kappa shape index (κ3) is 5.24. The van der Waals surface area contributed by atoms with Crippen LogP contribution in [0.4, 0.5) is 4.39 Å². The van der Waals surface area contributed by atoms with E-state index in [2.05, 4.69) is 5.32 Å². The topological polar surface area (TPSA) is 95.7 Å². The summed E-state index contributed by atoms with van der Waals surface area (Å²) in [5, 5.41) is 7.79.